The smallest absolute Gasteiger partial charge is 0.178 e. The topological polar surface area (TPSA) is 34.1 Å². The van der Waals surface area contributed by atoms with Crippen molar-refractivity contribution in [1.29, 1.82) is 0 Å². The molecule has 0 heterocycles. The van der Waals surface area contributed by atoms with Gasteiger partial charge in [-0.3, -0.25) is 9.00 Å². The van der Waals surface area contributed by atoms with Crippen LogP contribution in [0.5, 0.6) is 0 Å². The molecule has 2 aromatic rings. The van der Waals surface area contributed by atoms with E-state index in [1.165, 1.54) is 0 Å². The Morgan fingerprint density at radius 1 is 1.00 bits per heavy atom. The molecule has 0 fully saturated rings. The molecule has 19 heavy (non-hydrogen) atoms. The van der Waals surface area contributed by atoms with Gasteiger partial charge >= 0.3 is 0 Å². The van der Waals surface area contributed by atoms with Crippen molar-refractivity contribution in [3.63, 3.8) is 0 Å². The van der Waals surface area contributed by atoms with E-state index in [2.05, 4.69) is 0 Å². The van der Waals surface area contributed by atoms with Crippen molar-refractivity contribution in [2.24, 2.45) is 0 Å². The quantitative estimate of drug-likeness (QED) is 0.800. The molecule has 0 radical (unpaired) electrons. The van der Waals surface area contributed by atoms with E-state index >= 15 is 0 Å². The number of ketones is 1. The third-order valence-electron chi connectivity index (χ3n) is 3.00. The van der Waals surface area contributed by atoms with Crippen molar-refractivity contribution in [1.82, 2.24) is 0 Å². The number of Topliss-reactive ketones (excluding diaryl/α,β-unsaturated/α-hetero) is 1. The number of hydrogen-bond donors (Lipinski definition) is 0. The SMILES string of the molecule is Cc1ccc(S(=O)[C@H](C)C(=O)c2ccccc2)cc1. The van der Waals surface area contributed by atoms with Gasteiger partial charge in [0.25, 0.3) is 0 Å². The Morgan fingerprint density at radius 3 is 2.16 bits per heavy atom. The van der Waals surface area contributed by atoms with E-state index in [9.17, 15) is 9.00 Å². The van der Waals surface area contributed by atoms with Gasteiger partial charge in [-0.15, -0.1) is 0 Å². The molecule has 3 heteroatoms. The summed E-state index contributed by atoms with van der Waals surface area (Å²) in [6.07, 6.45) is 0. The summed E-state index contributed by atoms with van der Waals surface area (Å²) in [5.74, 6) is -0.0838. The van der Waals surface area contributed by atoms with Crippen molar-refractivity contribution in [3.05, 3.63) is 65.7 Å². The van der Waals surface area contributed by atoms with Gasteiger partial charge in [-0.2, -0.15) is 0 Å². The van der Waals surface area contributed by atoms with Crippen molar-refractivity contribution in [2.45, 2.75) is 24.0 Å². The average molecular weight is 272 g/mol. The number of carbonyl (C=O) groups excluding carboxylic acids is 1. The molecule has 2 atom stereocenters. The minimum absolute atomic E-state index is 0.0838. The molecule has 0 aliphatic carbocycles. The highest BCUT2D eigenvalue weighted by molar-refractivity contribution is 7.86. The molecule has 98 valence electrons. The fraction of sp³-hybridized carbons (Fsp3) is 0.188. The molecule has 2 rings (SSSR count). The Labute approximate surface area is 115 Å². The van der Waals surface area contributed by atoms with Gasteiger partial charge < -0.3 is 0 Å². The van der Waals surface area contributed by atoms with Gasteiger partial charge in [0, 0.05) is 10.5 Å². The maximum absolute atomic E-state index is 12.4. The lowest BCUT2D eigenvalue weighted by Gasteiger charge is -2.10. The Kier molecular flexibility index (Phi) is 4.27. The Hall–Kier alpha value is -1.74. The first kappa shape index (κ1) is 13.7. The number of benzene rings is 2. The van der Waals surface area contributed by atoms with Crippen LogP contribution in [0.3, 0.4) is 0 Å². The van der Waals surface area contributed by atoms with Crippen LogP contribution in [-0.2, 0) is 10.8 Å². The molecular weight excluding hydrogens is 256 g/mol. The molecule has 0 bridgehead atoms. The first-order valence-electron chi connectivity index (χ1n) is 6.16. The van der Waals surface area contributed by atoms with Gasteiger partial charge in [0.15, 0.2) is 5.78 Å². The summed E-state index contributed by atoms with van der Waals surface area (Å²) in [6, 6.07) is 16.5. The van der Waals surface area contributed by atoms with E-state index in [1.807, 2.05) is 49.4 Å². The predicted octanol–water partition coefficient (Wildman–Crippen LogP) is 3.37. The zero-order chi connectivity index (χ0) is 13.8. The monoisotopic (exact) mass is 272 g/mol. The second-order valence-corrected chi connectivity index (χ2v) is 6.26. The van der Waals surface area contributed by atoms with E-state index in [0.717, 1.165) is 5.56 Å². The number of aryl methyl sites for hydroxylation is 1. The molecular formula is C16H16O2S. The first-order valence-corrected chi connectivity index (χ1v) is 7.37. The lowest BCUT2D eigenvalue weighted by molar-refractivity contribution is 0.0992. The third-order valence-corrected chi connectivity index (χ3v) is 4.60. The van der Waals surface area contributed by atoms with Crippen molar-refractivity contribution in [3.8, 4) is 0 Å². The highest BCUT2D eigenvalue weighted by atomic mass is 32.2. The van der Waals surface area contributed by atoms with Crippen LogP contribution in [0.1, 0.15) is 22.8 Å². The zero-order valence-electron chi connectivity index (χ0n) is 11.0. The van der Waals surface area contributed by atoms with Crippen LogP contribution in [0.25, 0.3) is 0 Å². The molecule has 0 aromatic heterocycles. The molecule has 2 aromatic carbocycles. The summed E-state index contributed by atoms with van der Waals surface area (Å²) >= 11 is 0. The molecule has 0 N–H and O–H groups in total. The number of hydrogen-bond acceptors (Lipinski definition) is 2. The Bertz CT molecular complexity index is 588. The van der Waals surface area contributed by atoms with Gasteiger partial charge in [-0.25, -0.2) is 0 Å². The fourth-order valence-electron chi connectivity index (χ4n) is 1.81. The molecule has 1 unspecified atom stereocenters. The third kappa shape index (κ3) is 3.18. The normalized spacial score (nSPS) is 13.8. The molecule has 2 nitrogen and oxygen atoms in total. The summed E-state index contributed by atoms with van der Waals surface area (Å²) in [4.78, 5) is 12.9. The van der Waals surface area contributed by atoms with Crippen molar-refractivity contribution >= 4 is 16.6 Å². The molecule has 0 amide bonds. The summed E-state index contributed by atoms with van der Waals surface area (Å²) < 4.78 is 12.4. The average Bonchev–Trinajstić information content (AvgIpc) is 2.46. The molecule has 0 aliphatic rings. The minimum atomic E-state index is -1.32. The van der Waals surface area contributed by atoms with Gasteiger partial charge in [0.1, 0.15) is 0 Å². The highest BCUT2D eigenvalue weighted by Gasteiger charge is 2.22. The summed E-state index contributed by atoms with van der Waals surface area (Å²) in [7, 11) is -1.32. The maximum Gasteiger partial charge on any atom is 0.178 e. The second-order valence-electron chi connectivity index (χ2n) is 4.48. The van der Waals surface area contributed by atoms with E-state index in [0.29, 0.717) is 10.5 Å². The Balaban J connectivity index is 2.20. The molecule has 0 saturated heterocycles. The number of carbonyl (C=O) groups is 1. The summed E-state index contributed by atoms with van der Waals surface area (Å²) in [5.41, 5.74) is 1.72. The standard InChI is InChI=1S/C16H16O2S/c1-12-8-10-15(11-9-12)19(18)13(2)16(17)14-6-4-3-5-7-14/h3-11,13H,1-2H3/t13-,19?/m1/s1. The van der Waals surface area contributed by atoms with E-state index < -0.39 is 16.0 Å². The largest absolute Gasteiger partial charge is 0.293 e. The molecule has 0 aliphatic heterocycles. The van der Waals surface area contributed by atoms with Gasteiger partial charge in [0.2, 0.25) is 0 Å². The van der Waals surface area contributed by atoms with Crippen LogP contribution in [0.15, 0.2) is 59.5 Å². The van der Waals surface area contributed by atoms with Crippen LogP contribution in [0.2, 0.25) is 0 Å². The maximum atomic E-state index is 12.4. The number of rotatable bonds is 4. The first-order chi connectivity index (χ1) is 9.09. The molecule has 0 saturated carbocycles. The highest BCUT2D eigenvalue weighted by Crippen LogP contribution is 2.16. The van der Waals surface area contributed by atoms with E-state index in [1.54, 1.807) is 19.1 Å². The zero-order valence-corrected chi connectivity index (χ0v) is 11.8. The van der Waals surface area contributed by atoms with Crippen molar-refractivity contribution in [2.75, 3.05) is 0 Å². The molecule has 0 spiro atoms. The Morgan fingerprint density at radius 2 is 1.58 bits per heavy atom. The summed E-state index contributed by atoms with van der Waals surface area (Å²) in [6.45, 7) is 3.69. The van der Waals surface area contributed by atoms with Crippen LogP contribution in [0.4, 0.5) is 0 Å². The van der Waals surface area contributed by atoms with Crippen LogP contribution in [0, 0.1) is 6.92 Å². The van der Waals surface area contributed by atoms with Gasteiger partial charge in [-0.1, -0.05) is 48.0 Å². The lowest BCUT2D eigenvalue weighted by atomic mass is 10.1. The fourth-order valence-corrected chi connectivity index (χ4v) is 2.95. The van der Waals surface area contributed by atoms with E-state index in [4.69, 9.17) is 0 Å². The van der Waals surface area contributed by atoms with Crippen LogP contribution >= 0.6 is 0 Å². The van der Waals surface area contributed by atoms with Gasteiger partial charge in [0.05, 0.1) is 16.0 Å². The van der Waals surface area contributed by atoms with Crippen LogP contribution < -0.4 is 0 Å². The van der Waals surface area contributed by atoms with Crippen LogP contribution in [-0.4, -0.2) is 15.2 Å². The predicted molar refractivity (Wildman–Crippen MR) is 77.8 cm³/mol. The summed E-state index contributed by atoms with van der Waals surface area (Å²) in [5, 5.41) is -0.537. The lowest BCUT2D eigenvalue weighted by Crippen LogP contribution is -2.22. The second kappa shape index (κ2) is 5.93. The minimum Gasteiger partial charge on any atom is -0.293 e. The van der Waals surface area contributed by atoms with E-state index in [-0.39, 0.29) is 5.78 Å². The van der Waals surface area contributed by atoms with Gasteiger partial charge in [-0.05, 0) is 26.0 Å². The van der Waals surface area contributed by atoms with Crippen molar-refractivity contribution < 1.29 is 9.00 Å².